The molecule has 2 amide bonds. The molecule has 0 saturated carbocycles. The van der Waals surface area contributed by atoms with E-state index >= 15 is 0 Å². The summed E-state index contributed by atoms with van der Waals surface area (Å²) in [5.41, 5.74) is 0. The molecule has 8 nitrogen and oxygen atoms in total. The number of rotatable bonds is 12. The zero-order valence-corrected chi connectivity index (χ0v) is 13.7. The maximum absolute atomic E-state index is 11.6. The van der Waals surface area contributed by atoms with Crippen LogP contribution in [0, 0.1) is 0 Å². The molecule has 0 fully saturated rings. The van der Waals surface area contributed by atoms with E-state index in [1.165, 1.54) is 19.9 Å². The molecule has 2 N–H and O–H groups in total. The van der Waals surface area contributed by atoms with Gasteiger partial charge in [0.15, 0.2) is 0 Å². The molecule has 8 heteroatoms. The first kappa shape index (κ1) is 20.8. The Morgan fingerprint density at radius 2 is 1.61 bits per heavy atom. The molecular weight excluding hydrogens is 302 g/mol. The second-order valence-electron chi connectivity index (χ2n) is 4.89. The monoisotopic (exact) mass is 327 g/mol. The zero-order valence-electron chi connectivity index (χ0n) is 13.7. The highest BCUT2D eigenvalue weighted by molar-refractivity contribution is 5.73. The highest BCUT2D eigenvalue weighted by atomic mass is 16.5. The van der Waals surface area contributed by atoms with E-state index in [9.17, 15) is 19.2 Å². The van der Waals surface area contributed by atoms with Gasteiger partial charge < -0.3 is 15.4 Å². The molecule has 0 heterocycles. The van der Waals surface area contributed by atoms with E-state index in [4.69, 9.17) is 4.74 Å². The van der Waals surface area contributed by atoms with Crippen molar-refractivity contribution in [3.63, 3.8) is 0 Å². The zero-order chi connectivity index (χ0) is 17.5. The first-order chi connectivity index (χ1) is 11.0. The molecule has 130 valence electrons. The summed E-state index contributed by atoms with van der Waals surface area (Å²) in [5.74, 6) is 1.03. The number of ether oxygens (including phenoxy) is 1. The first-order valence-electron chi connectivity index (χ1n) is 7.52. The molecule has 0 aromatic rings. The van der Waals surface area contributed by atoms with E-state index in [1.807, 2.05) is 4.90 Å². The van der Waals surface area contributed by atoms with Crippen LogP contribution in [-0.2, 0) is 23.9 Å². The molecular formula is C15H25N3O5. The smallest absolute Gasteiger partial charge is 0.307 e. The predicted molar refractivity (Wildman–Crippen MR) is 84.3 cm³/mol. The Hall–Kier alpha value is -2.18. The van der Waals surface area contributed by atoms with Crippen LogP contribution >= 0.6 is 0 Å². The minimum Gasteiger partial charge on any atom is -0.465 e. The summed E-state index contributed by atoms with van der Waals surface area (Å²) in [7, 11) is 0. The van der Waals surface area contributed by atoms with Gasteiger partial charge in [0.05, 0.1) is 13.0 Å². The van der Waals surface area contributed by atoms with Crippen molar-refractivity contribution in [3.05, 3.63) is 6.08 Å². The Bertz CT molecular complexity index is 413. The van der Waals surface area contributed by atoms with E-state index in [2.05, 4.69) is 10.6 Å². The lowest BCUT2D eigenvalue weighted by atomic mass is 10.3. The molecule has 0 aliphatic carbocycles. The van der Waals surface area contributed by atoms with Crippen LogP contribution in [0.3, 0.4) is 0 Å². The molecule has 0 unspecified atom stereocenters. The van der Waals surface area contributed by atoms with Crippen molar-refractivity contribution >= 4 is 23.7 Å². The van der Waals surface area contributed by atoms with Crippen molar-refractivity contribution in [3.8, 4) is 0 Å². The summed E-state index contributed by atoms with van der Waals surface area (Å²) in [6, 6.07) is 0. The Morgan fingerprint density at radius 3 is 2.09 bits per heavy atom. The summed E-state index contributed by atoms with van der Waals surface area (Å²) in [6.07, 6.45) is 1.81. The fourth-order valence-electron chi connectivity index (χ4n) is 1.73. The van der Waals surface area contributed by atoms with E-state index < -0.39 is 0 Å². The van der Waals surface area contributed by atoms with Gasteiger partial charge >= 0.3 is 5.97 Å². The fraction of sp³-hybridized carbons (Fsp3) is 0.667. The largest absolute Gasteiger partial charge is 0.465 e. The second kappa shape index (κ2) is 13.5. The van der Waals surface area contributed by atoms with Gasteiger partial charge in [-0.3, -0.25) is 19.3 Å². The molecule has 23 heavy (non-hydrogen) atoms. The molecule has 0 radical (unpaired) electrons. The van der Waals surface area contributed by atoms with Gasteiger partial charge in [-0.05, 0) is 0 Å². The number of nitrogens with zero attached hydrogens (tertiary/aromatic N) is 1. The van der Waals surface area contributed by atoms with Crippen LogP contribution in [0.4, 0.5) is 0 Å². The topological polar surface area (TPSA) is 105 Å². The SMILES string of the molecule is CC(=O)NCCN(CCNC(C)=O)CCC(=O)OCCC=C=O. The van der Waals surface area contributed by atoms with Crippen LogP contribution in [0.2, 0.25) is 0 Å². The summed E-state index contributed by atoms with van der Waals surface area (Å²) in [5, 5.41) is 5.37. The van der Waals surface area contributed by atoms with Crippen LogP contribution in [-0.4, -0.2) is 68.0 Å². The van der Waals surface area contributed by atoms with E-state index in [0.29, 0.717) is 39.1 Å². The highest BCUT2D eigenvalue weighted by Crippen LogP contribution is 1.95. The fourth-order valence-corrected chi connectivity index (χ4v) is 1.73. The molecule has 0 bridgehead atoms. The molecule has 0 rings (SSSR count). The van der Waals surface area contributed by atoms with Crippen LogP contribution in [0.25, 0.3) is 0 Å². The molecule has 0 spiro atoms. The first-order valence-corrected chi connectivity index (χ1v) is 7.52. The Morgan fingerprint density at radius 1 is 1.04 bits per heavy atom. The Kier molecular flexibility index (Phi) is 12.2. The number of hydrogen-bond acceptors (Lipinski definition) is 6. The third-order valence-corrected chi connectivity index (χ3v) is 2.84. The van der Waals surface area contributed by atoms with Crippen molar-refractivity contribution in [2.75, 3.05) is 39.3 Å². The predicted octanol–water partition coefficient (Wildman–Crippen LogP) is -0.728. The van der Waals surface area contributed by atoms with Crippen molar-refractivity contribution < 1.29 is 23.9 Å². The average molecular weight is 327 g/mol. The second-order valence-corrected chi connectivity index (χ2v) is 4.89. The molecule has 0 atom stereocenters. The number of carbonyl (C=O) groups is 3. The molecule has 0 aromatic heterocycles. The lowest BCUT2D eigenvalue weighted by Crippen LogP contribution is -2.39. The molecule has 0 saturated heterocycles. The summed E-state index contributed by atoms with van der Waals surface area (Å²) in [6.45, 7) is 5.57. The lowest BCUT2D eigenvalue weighted by Gasteiger charge is -2.22. The highest BCUT2D eigenvalue weighted by Gasteiger charge is 2.09. The van der Waals surface area contributed by atoms with Gasteiger partial charge in [0.1, 0.15) is 5.94 Å². The number of hydrogen-bond donors (Lipinski definition) is 2. The van der Waals surface area contributed by atoms with Gasteiger partial charge in [0.25, 0.3) is 0 Å². The quantitative estimate of drug-likeness (QED) is 0.278. The van der Waals surface area contributed by atoms with Crippen LogP contribution in [0.5, 0.6) is 0 Å². The third-order valence-electron chi connectivity index (χ3n) is 2.84. The van der Waals surface area contributed by atoms with E-state index in [1.54, 1.807) is 5.94 Å². The van der Waals surface area contributed by atoms with Crippen LogP contribution in [0.15, 0.2) is 6.08 Å². The van der Waals surface area contributed by atoms with Gasteiger partial charge in [0.2, 0.25) is 11.8 Å². The van der Waals surface area contributed by atoms with Crippen LogP contribution in [0.1, 0.15) is 26.7 Å². The number of nitrogens with one attached hydrogen (secondary N) is 2. The molecule has 0 aliphatic rings. The maximum Gasteiger partial charge on any atom is 0.307 e. The van der Waals surface area contributed by atoms with Gasteiger partial charge in [0, 0.05) is 59.1 Å². The maximum atomic E-state index is 11.6. The average Bonchev–Trinajstić information content (AvgIpc) is 2.48. The minimum absolute atomic E-state index is 0.116. The lowest BCUT2D eigenvalue weighted by molar-refractivity contribution is -0.144. The Labute approximate surface area is 136 Å². The van der Waals surface area contributed by atoms with Crippen molar-refractivity contribution in [1.82, 2.24) is 15.5 Å². The van der Waals surface area contributed by atoms with Crippen molar-refractivity contribution in [2.24, 2.45) is 0 Å². The van der Waals surface area contributed by atoms with E-state index in [0.717, 1.165) is 0 Å². The number of carbonyl (C=O) groups excluding carboxylic acids is 4. The third kappa shape index (κ3) is 14.5. The normalized spacial score (nSPS) is 9.87. The summed E-state index contributed by atoms with van der Waals surface area (Å²) >= 11 is 0. The van der Waals surface area contributed by atoms with Crippen LogP contribution < -0.4 is 10.6 Å². The molecule has 0 aromatic carbocycles. The standard InChI is InChI=1S/C15H25N3O5/c1-13(20)16-6-9-18(10-7-17-14(2)21)8-5-15(22)23-12-4-3-11-19/h3H,4-10,12H2,1-2H3,(H,16,20)(H,17,21). The van der Waals surface area contributed by atoms with Gasteiger partial charge in [-0.15, -0.1) is 0 Å². The van der Waals surface area contributed by atoms with Gasteiger partial charge in [-0.2, -0.15) is 0 Å². The molecule has 0 aliphatic heterocycles. The Balaban J connectivity index is 4.10. The van der Waals surface area contributed by atoms with E-state index in [-0.39, 0.29) is 30.8 Å². The minimum atomic E-state index is -0.353. The van der Waals surface area contributed by atoms with Gasteiger partial charge in [-0.25, -0.2) is 4.79 Å². The van der Waals surface area contributed by atoms with Crippen molar-refractivity contribution in [1.29, 1.82) is 0 Å². The van der Waals surface area contributed by atoms with Gasteiger partial charge in [-0.1, -0.05) is 0 Å². The summed E-state index contributed by atoms with van der Waals surface area (Å²) in [4.78, 5) is 45.3. The van der Waals surface area contributed by atoms with Crippen molar-refractivity contribution in [2.45, 2.75) is 26.7 Å². The number of amides is 2. The number of esters is 1. The summed E-state index contributed by atoms with van der Waals surface area (Å²) < 4.78 is 4.96.